The van der Waals surface area contributed by atoms with Crippen molar-refractivity contribution >= 4 is 28.6 Å². The van der Waals surface area contributed by atoms with Crippen molar-refractivity contribution in [2.24, 2.45) is 0 Å². The zero-order valence-electron chi connectivity index (χ0n) is 8.08. The summed E-state index contributed by atoms with van der Waals surface area (Å²) in [5.74, 6) is -3.65. The molecule has 16 heavy (non-hydrogen) atoms. The fourth-order valence-corrected chi connectivity index (χ4v) is 1.02. The molecule has 1 aromatic heterocycles. The van der Waals surface area contributed by atoms with Crippen LogP contribution in [0.5, 0.6) is 0 Å². The van der Waals surface area contributed by atoms with E-state index < -0.39 is 11.9 Å². The number of furan rings is 1. The maximum Gasteiger partial charge on any atom is 0.414 e. The Morgan fingerprint density at radius 3 is 2.25 bits per heavy atom. The van der Waals surface area contributed by atoms with Gasteiger partial charge in [-0.2, -0.15) is 0 Å². The van der Waals surface area contributed by atoms with Crippen LogP contribution in [0.15, 0.2) is 34.9 Å². The Bertz CT molecular complexity index is 505. The van der Waals surface area contributed by atoms with Gasteiger partial charge in [-0.1, -0.05) is 6.07 Å². The van der Waals surface area contributed by atoms with Gasteiger partial charge in [0.25, 0.3) is 0 Å². The van der Waals surface area contributed by atoms with Crippen LogP contribution in [-0.2, 0) is 9.59 Å². The quantitative estimate of drug-likeness (QED) is 0.456. The molecule has 0 amide bonds. The fraction of sp³-hybridized carbons (Fsp3) is 0. The lowest BCUT2D eigenvalue weighted by atomic mass is 10.2. The lowest BCUT2D eigenvalue weighted by Gasteiger charge is -1.90. The van der Waals surface area contributed by atoms with Crippen molar-refractivity contribution in [2.75, 3.05) is 5.73 Å². The third-order valence-corrected chi connectivity index (χ3v) is 1.71. The first-order valence-electron chi connectivity index (χ1n) is 4.20. The van der Waals surface area contributed by atoms with Crippen molar-refractivity contribution in [1.29, 1.82) is 0 Å². The summed E-state index contributed by atoms with van der Waals surface area (Å²) < 4.78 is 5.12. The summed E-state index contributed by atoms with van der Waals surface area (Å²) in [4.78, 5) is 18.2. The Morgan fingerprint density at radius 2 is 1.75 bits per heavy atom. The number of benzene rings is 1. The number of fused-ring (bicyclic) bond motifs is 1. The molecule has 0 aliphatic carbocycles. The number of carboxylic acid groups (broad SMARTS) is 2. The third-order valence-electron chi connectivity index (χ3n) is 1.71. The number of carbonyl (C=O) groups is 2. The summed E-state index contributed by atoms with van der Waals surface area (Å²) in [7, 11) is 0. The highest BCUT2D eigenvalue weighted by molar-refractivity contribution is 6.27. The van der Waals surface area contributed by atoms with Gasteiger partial charge in [-0.15, -0.1) is 0 Å². The summed E-state index contributed by atoms with van der Waals surface area (Å²) in [6, 6.07) is 7.50. The van der Waals surface area contributed by atoms with Crippen LogP contribution >= 0.6 is 0 Å². The number of rotatable bonds is 0. The van der Waals surface area contributed by atoms with Crippen molar-refractivity contribution in [3.05, 3.63) is 30.5 Å². The van der Waals surface area contributed by atoms with Crippen molar-refractivity contribution in [3.8, 4) is 0 Å². The number of nitrogen functional groups attached to an aromatic ring is 1. The molecule has 0 unspecified atom stereocenters. The molecule has 0 bridgehead atoms. The Kier molecular flexibility index (Phi) is 3.49. The van der Waals surface area contributed by atoms with Gasteiger partial charge in [-0.3, -0.25) is 0 Å². The molecule has 6 heteroatoms. The summed E-state index contributed by atoms with van der Waals surface area (Å²) >= 11 is 0. The molecule has 0 fully saturated rings. The summed E-state index contributed by atoms with van der Waals surface area (Å²) in [6.45, 7) is 0. The lowest BCUT2D eigenvalue weighted by Crippen LogP contribution is -2.09. The van der Waals surface area contributed by atoms with E-state index in [0.717, 1.165) is 16.7 Å². The molecule has 2 aromatic rings. The van der Waals surface area contributed by atoms with Crippen LogP contribution in [0.3, 0.4) is 0 Å². The summed E-state index contributed by atoms with van der Waals surface area (Å²) in [5, 5.41) is 15.8. The first kappa shape index (κ1) is 11.6. The van der Waals surface area contributed by atoms with E-state index in [-0.39, 0.29) is 0 Å². The number of nitrogens with two attached hydrogens (primary N) is 1. The zero-order valence-corrected chi connectivity index (χ0v) is 8.08. The molecule has 0 atom stereocenters. The van der Waals surface area contributed by atoms with Gasteiger partial charge < -0.3 is 20.4 Å². The third kappa shape index (κ3) is 2.74. The molecule has 6 nitrogen and oxygen atoms in total. The number of anilines is 1. The highest BCUT2D eigenvalue weighted by atomic mass is 16.4. The maximum absolute atomic E-state index is 9.10. The van der Waals surface area contributed by atoms with Crippen LogP contribution in [0.2, 0.25) is 0 Å². The number of hydrogen-bond acceptors (Lipinski definition) is 4. The lowest BCUT2D eigenvalue weighted by molar-refractivity contribution is -0.159. The first-order chi connectivity index (χ1) is 7.52. The number of aliphatic carboxylic acids is 2. The maximum atomic E-state index is 9.10. The fourth-order valence-electron chi connectivity index (χ4n) is 1.02. The average Bonchev–Trinajstić information content (AvgIpc) is 2.68. The Hall–Kier alpha value is -2.50. The Labute approximate surface area is 89.9 Å². The van der Waals surface area contributed by atoms with E-state index >= 15 is 0 Å². The average molecular weight is 223 g/mol. The van der Waals surface area contributed by atoms with E-state index in [9.17, 15) is 0 Å². The zero-order chi connectivity index (χ0) is 12.1. The molecule has 0 aliphatic heterocycles. The second kappa shape index (κ2) is 4.83. The minimum Gasteiger partial charge on any atom is -0.473 e. The van der Waals surface area contributed by atoms with Gasteiger partial charge in [-0.05, 0) is 18.2 Å². The normalized spacial score (nSPS) is 9.25. The standard InChI is InChI=1S/C8H7NO.C2H2O4/c9-7-2-1-3-8-6(7)4-5-10-8;3-1(4)2(5)6/h1-5H,9H2;(H,3,4)(H,5,6). The van der Waals surface area contributed by atoms with Crippen LogP contribution in [-0.4, -0.2) is 22.2 Å². The van der Waals surface area contributed by atoms with Gasteiger partial charge in [0.05, 0.1) is 6.26 Å². The molecule has 0 saturated heterocycles. The van der Waals surface area contributed by atoms with Crippen LogP contribution in [0, 0.1) is 0 Å². The molecule has 84 valence electrons. The minimum atomic E-state index is -1.82. The van der Waals surface area contributed by atoms with E-state index in [1.165, 1.54) is 0 Å². The second-order valence-electron chi connectivity index (χ2n) is 2.79. The topological polar surface area (TPSA) is 114 Å². The van der Waals surface area contributed by atoms with Gasteiger partial charge in [0.15, 0.2) is 0 Å². The predicted molar refractivity (Wildman–Crippen MR) is 55.9 cm³/mol. The van der Waals surface area contributed by atoms with Crippen LogP contribution < -0.4 is 5.73 Å². The van der Waals surface area contributed by atoms with Crippen molar-refractivity contribution in [3.63, 3.8) is 0 Å². The number of hydrogen-bond donors (Lipinski definition) is 3. The number of carboxylic acids is 2. The van der Waals surface area contributed by atoms with Gasteiger partial charge in [0.1, 0.15) is 5.58 Å². The van der Waals surface area contributed by atoms with Gasteiger partial charge in [0.2, 0.25) is 0 Å². The van der Waals surface area contributed by atoms with Crippen LogP contribution in [0.4, 0.5) is 5.69 Å². The molecule has 4 N–H and O–H groups in total. The molecule has 0 aliphatic rings. The largest absolute Gasteiger partial charge is 0.473 e. The second-order valence-corrected chi connectivity index (χ2v) is 2.79. The Morgan fingerprint density at radius 1 is 1.12 bits per heavy atom. The molecule has 0 spiro atoms. The first-order valence-corrected chi connectivity index (χ1v) is 4.20. The van der Waals surface area contributed by atoms with Crippen molar-refractivity contribution < 1.29 is 24.2 Å². The highest BCUT2D eigenvalue weighted by Crippen LogP contribution is 2.20. The molecular formula is C10H9NO5. The molecule has 1 heterocycles. The van der Waals surface area contributed by atoms with Crippen LogP contribution in [0.25, 0.3) is 11.0 Å². The van der Waals surface area contributed by atoms with E-state index in [4.69, 9.17) is 30.0 Å². The van der Waals surface area contributed by atoms with Gasteiger partial charge in [0, 0.05) is 11.1 Å². The summed E-state index contributed by atoms with van der Waals surface area (Å²) in [6.07, 6.45) is 1.64. The monoisotopic (exact) mass is 223 g/mol. The molecule has 0 radical (unpaired) electrons. The van der Waals surface area contributed by atoms with Crippen molar-refractivity contribution in [2.45, 2.75) is 0 Å². The van der Waals surface area contributed by atoms with E-state index in [0.29, 0.717) is 0 Å². The molecule has 1 aromatic carbocycles. The smallest absolute Gasteiger partial charge is 0.414 e. The van der Waals surface area contributed by atoms with Crippen LogP contribution in [0.1, 0.15) is 0 Å². The van der Waals surface area contributed by atoms with E-state index in [1.807, 2.05) is 24.3 Å². The van der Waals surface area contributed by atoms with E-state index in [1.54, 1.807) is 6.26 Å². The Balaban J connectivity index is 0.000000187. The van der Waals surface area contributed by atoms with Gasteiger partial charge in [-0.25, -0.2) is 9.59 Å². The van der Waals surface area contributed by atoms with E-state index in [2.05, 4.69) is 0 Å². The summed E-state index contributed by atoms with van der Waals surface area (Å²) in [5.41, 5.74) is 7.26. The van der Waals surface area contributed by atoms with Gasteiger partial charge >= 0.3 is 11.9 Å². The van der Waals surface area contributed by atoms with Crippen molar-refractivity contribution in [1.82, 2.24) is 0 Å². The molecular weight excluding hydrogens is 214 g/mol. The minimum absolute atomic E-state index is 0.770. The highest BCUT2D eigenvalue weighted by Gasteiger charge is 2.04. The molecule has 2 rings (SSSR count). The molecule has 0 saturated carbocycles. The predicted octanol–water partition coefficient (Wildman–Crippen LogP) is 1.17. The SMILES string of the molecule is Nc1cccc2occc12.O=C(O)C(=O)O.